The van der Waals surface area contributed by atoms with Gasteiger partial charge < -0.3 is 24.3 Å². The van der Waals surface area contributed by atoms with Crippen molar-refractivity contribution in [2.75, 3.05) is 32.2 Å². The van der Waals surface area contributed by atoms with E-state index in [0.29, 0.717) is 24.7 Å². The van der Waals surface area contributed by atoms with E-state index in [1.54, 1.807) is 30.3 Å². The number of carbonyl (C=O) groups excluding carboxylic acids is 3. The van der Waals surface area contributed by atoms with Gasteiger partial charge in [0.05, 0.1) is 37.1 Å². The normalized spacial score (nSPS) is 10.1. The Morgan fingerprint density at radius 1 is 0.933 bits per heavy atom. The first-order valence-corrected chi connectivity index (χ1v) is 9.54. The Labute approximate surface area is 175 Å². The molecule has 0 heterocycles. The number of hydrogen-bond acceptors (Lipinski definition) is 7. The largest absolute Gasteiger partial charge is 0.490 e. The van der Waals surface area contributed by atoms with Crippen molar-refractivity contribution in [2.45, 2.75) is 20.3 Å². The van der Waals surface area contributed by atoms with Crippen LogP contribution in [0.25, 0.3) is 0 Å². The summed E-state index contributed by atoms with van der Waals surface area (Å²) in [5, 5.41) is 2.53. The van der Waals surface area contributed by atoms with Crippen molar-refractivity contribution in [3.05, 3.63) is 53.6 Å². The van der Waals surface area contributed by atoms with Crippen LogP contribution in [0.5, 0.6) is 11.5 Å². The summed E-state index contributed by atoms with van der Waals surface area (Å²) in [4.78, 5) is 36.3. The van der Waals surface area contributed by atoms with Gasteiger partial charge in [0.2, 0.25) is 0 Å². The Bertz CT molecular complexity index is 895. The van der Waals surface area contributed by atoms with E-state index in [9.17, 15) is 14.4 Å². The SMILES string of the molecule is CCCOc1ccc(C(=O)OCC(=O)Nc2ccccc2C(=O)OC)cc1OCC. The molecule has 160 valence electrons. The second-order valence-corrected chi connectivity index (χ2v) is 6.10. The van der Waals surface area contributed by atoms with Crippen LogP contribution in [0.3, 0.4) is 0 Å². The average molecular weight is 415 g/mol. The molecule has 0 radical (unpaired) electrons. The van der Waals surface area contributed by atoms with Crippen LogP contribution >= 0.6 is 0 Å². The van der Waals surface area contributed by atoms with Crippen LogP contribution in [-0.4, -0.2) is 44.8 Å². The molecule has 0 spiro atoms. The van der Waals surface area contributed by atoms with E-state index in [2.05, 4.69) is 10.1 Å². The maximum Gasteiger partial charge on any atom is 0.339 e. The fraction of sp³-hybridized carbons (Fsp3) is 0.318. The number of rotatable bonds is 10. The first-order valence-electron chi connectivity index (χ1n) is 9.54. The van der Waals surface area contributed by atoms with Gasteiger partial charge in [-0.05, 0) is 43.7 Å². The number of amides is 1. The van der Waals surface area contributed by atoms with Crippen molar-refractivity contribution in [1.29, 1.82) is 0 Å². The van der Waals surface area contributed by atoms with Crippen molar-refractivity contribution < 1.29 is 33.3 Å². The Morgan fingerprint density at radius 2 is 1.70 bits per heavy atom. The monoisotopic (exact) mass is 415 g/mol. The van der Waals surface area contributed by atoms with Crippen LogP contribution < -0.4 is 14.8 Å². The van der Waals surface area contributed by atoms with Gasteiger partial charge in [-0.3, -0.25) is 4.79 Å². The Hall–Kier alpha value is -3.55. The second-order valence-electron chi connectivity index (χ2n) is 6.10. The number of carbonyl (C=O) groups is 3. The summed E-state index contributed by atoms with van der Waals surface area (Å²) in [7, 11) is 1.25. The van der Waals surface area contributed by atoms with E-state index in [1.807, 2.05) is 13.8 Å². The van der Waals surface area contributed by atoms with E-state index in [1.165, 1.54) is 19.2 Å². The molecule has 8 nitrogen and oxygen atoms in total. The predicted octanol–water partition coefficient (Wildman–Crippen LogP) is 3.46. The molecule has 1 amide bonds. The maximum atomic E-state index is 12.3. The van der Waals surface area contributed by atoms with Crippen molar-refractivity contribution >= 4 is 23.5 Å². The summed E-state index contributed by atoms with van der Waals surface area (Å²) in [6.07, 6.45) is 0.837. The quantitative estimate of drug-likeness (QED) is 0.593. The molecule has 0 unspecified atom stereocenters. The van der Waals surface area contributed by atoms with Crippen molar-refractivity contribution in [1.82, 2.24) is 0 Å². The zero-order valence-corrected chi connectivity index (χ0v) is 17.2. The summed E-state index contributed by atoms with van der Waals surface area (Å²) in [6.45, 7) is 4.22. The molecule has 2 aromatic carbocycles. The number of ether oxygens (including phenoxy) is 4. The van der Waals surface area contributed by atoms with E-state index in [4.69, 9.17) is 14.2 Å². The lowest BCUT2D eigenvalue weighted by Gasteiger charge is -2.13. The molecule has 0 aromatic heterocycles. The molecule has 0 saturated carbocycles. The molecule has 0 aliphatic heterocycles. The molecule has 8 heteroatoms. The number of para-hydroxylation sites is 1. The molecule has 30 heavy (non-hydrogen) atoms. The number of esters is 2. The lowest BCUT2D eigenvalue weighted by Crippen LogP contribution is -2.22. The topological polar surface area (TPSA) is 100 Å². The summed E-state index contributed by atoms with van der Waals surface area (Å²) in [5.74, 6) is -0.900. The minimum Gasteiger partial charge on any atom is -0.490 e. The fourth-order valence-electron chi connectivity index (χ4n) is 2.52. The highest BCUT2D eigenvalue weighted by Crippen LogP contribution is 2.29. The Balaban J connectivity index is 2.01. The van der Waals surface area contributed by atoms with E-state index in [-0.39, 0.29) is 16.8 Å². The smallest absolute Gasteiger partial charge is 0.339 e. The van der Waals surface area contributed by atoms with Gasteiger partial charge in [-0.2, -0.15) is 0 Å². The number of methoxy groups -OCH3 is 1. The third-order valence-corrected chi connectivity index (χ3v) is 3.88. The van der Waals surface area contributed by atoms with Gasteiger partial charge in [-0.1, -0.05) is 19.1 Å². The van der Waals surface area contributed by atoms with Crippen LogP contribution in [-0.2, 0) is 14.3 Å². The second kappa shape index (κ2) is 11.5. The average Bonchev–Trinajstić information content (AvgIpc) is 2.76. The highest BCUT2D eigenvalue weighted by Gasteiger charge is 2.16. The van der Waals surface area contributed by atoms with Gasteiger partial charge in [0.15, 0.2) is 18.1 Å². The summed E-state index contributed by atoms with van der Waals surface area (Å²) < 4.78 is 20.9. The molecule has 2 aromatic rings. The predicted molar refractivity (Wildman–Crippen MR) is 110 cm³/mol. The van der Waals surface area contributed by atoms with Gasteiger partial charge in [-0.15, -0.1) is 0 Å². The highest BCUT2D eigenvalue weighted by atomic mass is 16.5. The molecule has 0 atom stereocenters. The Kier molecular flexibility index (Phi) is 8.68. The molecule has 0 aliphatic rings. The molecule has 1 N–H and O–H groups in total. The molecular formula is C22H25NO7. The van der Waals surface area contributed by atoms with E-state index in [0.717, 1.165) is 6.42 Å². The van der Waals surface area contributed by atoms with Crippen LogP contribution in [0.1, 0.15) is 41.0 Å². The molecule has 0 fully saturated rings. The first-order chi connectivity index (χ1) is 14.5. The van der Waals surface area contributed by atoms with Crippen LogP contribution in [0.2, 0.25) is 0 Å². The lowest BCUT2D eigenvalue weighted by atomic mass is 10.2. The van der Waals surface area contributed by atoms with Crippen LogP contribution in [0, 0.1) is 0 Å². The van der Waals surface area contributed by atoms with Crippen molar-refractivity contribution in [3.8, 4) is 11.5 Å². The highest BCUT2D eigenvalue weighted by molar-refractivity contribution is 6.02. The molecule has 2 rings (SSSR count). The van der Waals surface area contributed by atoms with Gasteiger partial charge in [0.25, 0.3) is 5.91 Å². The number of hydrogen-bond donors (Lipinski definition) is 1. The summed E-state index contributed by atoms with van der Waals surface area (Å²) >= 11 is 0. The van der Waals surface area contributed by atoms with Gasteiger partial charge in [0.1, 0.15) is 0 Å². The Morgan fingerprint density at radius 3 is 2.40 bits per heavy atom. The van der Waals surface area contributed by atoms with Gasteiger partial charge >= 0.3 is 11.9 Å². The number of anilines is 1. The zero-order chi connectivity index (χ0) is 21.9. The minimum absolute atomic E-state index is 0.198. The number of benzene rings is 2. The van der Waals surface area contributed by atoms with Crippen LogP contribution in [0.15, 0.2) is 42.5 Å². The van der Waals surface area contributed by atoms with Gasteiger partial charge in [0, 0.05) is 0 Å². The molecule has 0 bridgehead atoms. The van der Waals surface area contributed by atoms with Crippen molar-refractivity contribution in [2.24, 2.45) is 0 Å². The molecular weight excluding hydrogens is 390 g/mol. The maximum absolute atomic E-state index is 12.3. The minimum atomic E-state index is -0.686. The lowest BCUT2D eigenvalue weighted by molar-refractivity contribution is -0.119. The third kappa shape index (κ3) is 6.23. The van der Waals surface area contributed by atoms with Crippen molar-refractivity contribution in [3.63, 3.8) is 0 Å². The summed E-state index contributed by atoms with van der Waals surface area (Å²) in [5.41, 5.74) is 0.690. The van der Waals surface area contributed by atoms with E-state index >= 15 is 0 Å². The standard InChI is InChI=1S/C22H25NO7/c1-4-12-29-18-11-10-15(13-19(18)28-5-2)21(25)30-14-20(24)23-17-9-7-6-8-16(17)22(26)27-3/h6-11,13H,4-5,12,14H2,1-3H3,(H,23,24). The zero-order valence-electron chi connectivity index (χ0n) is 17.2. The first kappa shape index (κ1) is 22.7. The third-order valence-electron chi connectivity index (χ3n) is 3.88. The molecule has 0 aliphatic carbocycles. The molecule has 0 saturated heterocycles. The fourth-order valence-corrected chi connectivity index (χ4v) is 2.52. The summed E-state index contributed by atoms with van der Waals surface area (Å²) in [6, 6.07) is 11.1. The van der Waals surface area contributed by atoms with Gasteiger partial charge in [-0.25, -0.2) is 9.59 Å². The van der Waals surface area contributed by atoms with Crippen LogP contribution in [0.4, 0.5) is 5.69 Å². The number of nitrogens with one attached hydrogen (secondary N) is 1. The van der Waals surface area contributed by atoms with E-state index < -0.39 is 24.5 Å².